The van der Waals surface area contributed by atoms with E-state index in [1.807, 2.05) is 0 Å². The molecule has 0 bridgehead atoms. The van der Waals surface area contributed by atoms with Crippen molar-refractivity contribution in [3.8, 4) is 17.2 Å². The quantitative estimate of drug-likeness (QED) is 0.545. The monoisotopic (exact) mass is 422 g/mol. The average Bonchev–Trinajstić information content (AvgIpc) is 2.74. The lowest BCUT2D eigenvalue weighted by atomic mass is 10.0. The van der Waals surface area contributed by atoms with Crippen LogP contribution in [0.5, 0.6) is 17.2 Å². The highest BCUT2D eigenvalue weighted by Crippen LogP contribution is 2.30. The zero-order chi connectivity index (χ0) is 22.2. The van der Waals surface area contributed by atoms with E-state index in [9.17, 15) is 14.0 Å². The first-order valence-corrected chi connectivity index (χ1v) is 9.68. The number of methoxy groups -OCH3 is 1. The predicted octanol–water partition coefficient (Wildman–Crippen LogP) is 4.83. The molecule has 0 aromatic heterocycles. The highest BCUT2D eigenvalue weighted by molar-refractivity contribution is 5.93. The third-order valence-corrected chi connectivity index (χ3v) is 4.47. The lowest BCUT2D eigenvalue weighted by molar-refractivity contribution is -0.120. The number of hydrogen-bond donors (Lipinski definition) is 2. The number of para-hydroxylation sites is 2. The molecule has 1 atom stereocenters. The van der Waals surface area contributed by atoms with Gasteiger partial charge in [0, 0.05) is 13.0 Å². The maximum atomic E-state index is 13.4. The minimum atomic E-state index is -0.514. The van der Waals surface area contributed by atoms with Gasteiger partial charge in [0.2, 0.25) is 11.8 Å². The zero-order valence-electron chi connectivity index (χ0n) is 17.2. The van der Waals surface area contributed by atoms with Gasteiger partial charge in [-0.2, -0.15) is 0 Å². The number of anilines is 1. The Hall–Kier alpha value is -3.87. The summed E-state index contributed by atoms with van der Waals surface area (Å²) in [5.41, 5.74) is 1.21. The molecule has 6 nitrogen and oxygen atoms in total. The number of nitrogens with one attached hydrogen (secondary N) is 2. The fraction of sp³-hybridized carbons (Fsp3) is 0.167. The van der Waals surface area contributed by atoms with Crippen molar-refractivity contribution in [2.75, 3.05) is 12.4 Å². The molecule has 7 heteroatoms. The number of amides is 2. The maximum Gasteiger partial charge on any atom is 0.226 e. The molecule has 160 valence electrons. The topological polar surface area (TPSA) is 76.7 Å². The van der Waals surface area contributed by atoms with Crippen molar-refractivity contribution < 1.29 is 23.5 Å². The Bertz CT molecular complexity index is 1050. The van der Waals surface area contributed by atoms with Crippen LogP contribution in [0.2, 0.25) is 0 Å². The van der Waals surface area contributed by atoms with E-state index < -0.39 is 11.9 Å². The summed E-state index contributed by atoms with van der Waals surface area (Å²) in [6, 6.07) is 19.2. The van der Waals surface area contributed by atoms with E-state index in [1.165, 1.54) is 19.1 Å². The van der Waals surface area contributed by atoms with Crippen molar-refractivity contribution in [3.63, 3.8) is 0 Å². The standard InChI is InChI=1S/C24H23FN2O4/c1-16(28)26-22(17-10-12-19(30-2)13-11-17)15-24(29)27-21-8-3-4-9-23(21)31-20-7-5-6-18(25)14-20/h3-14,22H,15H2,1-2H3,(H,26,28)(H,27,29). The number of carbonyl (C=O) groups excluding carboxylic acids is 2. The Morgan fingerprint density at radius 1 is 0.968 bits per heavy atom. The highest BCUT2D eigenvalue weighted by atomic mass is 19.1. The van der Waals surface area contributed by atoms with Gasteiger partial charge in [-0.15, -0.1) is 0 Å². The number of hydrogen-bond acceptors (Lipinski definition) is 4. The smallest absolute Gasteiger partial charge is 0.226 e. The van der Waals surface area contributed by atoms with Crippen LogP contribution < -0.4 is 20.1 Å². The number of benzene rings is 3. The number of halogens is 1. The molecule has 0 radical (unpaired) electrons. The largest absolute Gasteiger partial charge is 0.497 e. The van der Waals surface area contributed by atoms with Crippen molar-refractivity contribution in [2.24, 2.45) is 0 Å². The van der Waals surface area contributed by atoms with Crippen molar-refractivity contribution in [1.29, 1.82) is 0 Å². The Balaban J connectivity index is 1.74. The molecule has 0 aliphatic carbocycles. The van der Waals surface area contributed by atoms with E-state index in [4.69, 9.17) is 9.47 Å². The summed E-state index contributed by atoms with van der Waals surface area (Å²) in [6.07, 6.45) is 0.0141. The van der Waals surface area contributed by atoms with Crippen LogP contribution in [0.1, 0.15) is 24.9 Å². The molecule has 3 aromatic carbocycles. The molecule has 31 heavy (non-hydrogen) atoms. The van der Waals surface area contributed by atoms with Gasteiger partial charge in [-0.3, -0.25) is 9.59 Å². The van der Waals surface area contributed by atoms with E-state index in [-0.39, 0.29) is 18.2 Å². The molecule has 0 saturated heterocycles. The molecule has 0 aliphatic rings. The second-order valence-corrected chi connectivity index (χ2v) is 6.83. The summed E-state index contributed by atoms with van der Waals surface area (Å²) >= 11 is 0. The second-order valence-electron chi connectivity index (χ2n) is 6.83. The van der Waals surface area contributed by atoms with Crippen LogP contribution in [0.3, 0.4) is 0 Å². The lowest BCUT2D eigenvalue weighted by Gasteiger charge is -2.19. The Morgan fingerprint density at radius 3 is 2.39 bits per heavy atom. The van der Waals surface area contributed by atoms with Gasteiger partial charge in [-0.25, -0.2) is 4.39 Å². The Labute approximate surface area is 180 Å². The van der Waals surface area contributed by atoms with Crippen LogP contribution in [0.15, 0.2) is 72.8 Å². The Morgan fingerprint density at radius 2 is 1.71 bits per heavy atom. The summed E-state index contributed by atoms with van der Waals surface area (Å²) in [5, 5.41) is 5.61. The van der Waals surface area contributed by atoms with Gasteiger partial charge in [0.05, 0.1) is 25.3 Å². The molecule has 0 fully saturated rings. The van der Waals surface area contributed by atoms with Crippen molar-refractivity contribution in [2.45, 2.75) is 19.4 Å². The molecule has 0 spiro atoms. The van der Waals surface area contributed by atoms with Crippen molar-refractivity contribution in [1.82, 2.24) is 5.32 Å². The van der Waals surface area contributed by atoms with Gasteiger partial charge in [-0.1, -0.05) is 30.3 Å². The first-order valence-electron chi connectivity index (χ1n) is 9.68. The molecular weight excluding hydrogens is 399 g/mol. The van der Waals surface area contributed by atoms with E-state index in [0.29, 0.717) is 22.9 Å². The second kappa shape index (κ2) is 10.2. The third kappa shape index (κ3) is 6.30. The van der Waals surface area contributed by atoms with Crippen LogP contribution in [-0.4, -0.2) is 18.9 Å². The summed E-state index contributed by atoms with van der Waals surface area (Å²) in [6.45, 7) is 1.40. The summed E-state index contributed by atoms with van der Waals surface area (Å²) in [4.78, 5) is 24.4. The van der Waals surface area contributed by atoms with Crippen LogP contribution >= 0.6 is 0 Å². The van der Waals surface area contributed by atoms with E-state index in [0.717, 1.165) is 5.56 Å². The molecule has 0 saturated carbocycles. The first-order chi connectivity index (χ1) is 14.9. The summed E-state index contributed by atoms with van der Waals surface area (Å²) in [7, 11) is 1.57. The Kier molecular flexibility index (Phi) is 7.22. The zero-order valence-corrected chi connectivity index (χ0v) is 17.2. The van der Waals surface area contributed by atoms with Crippen LogP contribution in [0, 0.1) is 5.82 Å². The summed E-state index contributed by atoms with van der Waals surface area (Å²) < 4.78 is 24.3. The van der Waals surface area contributed by atoms with E-state index >= 15 is 0 Å². The van der Waals surface area contributed by atoms with Gasteiger partial charge in [0.25, 0.3) is 0 Å². The molecule has 0 aliphatic heterocycles. The molecule has 1 unspecified atom stereocenters. The van der Waals surface area contributed by atoms with Gasteiger partial charge in [0.15, 0.2) is 5.75 Å². The number of ether oxygens (including phenoxy) is 2. The summed E-state index contributed by atoms with van der Waals surface area (Å²) in [5.74, 6) is 0.390. The van der Waals surface area contributed by atoms with Gasteiger partial charge < -0.3 is 20.1 Å². The minimum Gasteiger partial charge on any atom is -0.497 e. The van der Waals surface area contributed by atoms with Crippen LogP contribution in [0.4, 0.5) is 10.1 Å². The van der Waals surface area contributed by atoms with Gasteiger partial charge in [-0.05, 0) is 42.0 Å². The fourth-order valence-electron chi connectivity index (χ4n) is 3.04. The lowest BCUT2D eigenvalue weighted by Crippen LogP contribution is -2.29. The van der Waals surface area contributed by atoms with Gasteiger partial charge in [0.1, 0.15) is 17.3 Å². The molecule has 0 heterocycles. The number of rotatable bonds is 8. The predicted molar refractivity (Wildman–Crippen MR) is 116 cm³/mol. The first kappa shape index (κ1) is 21.8. The van der Waals surface area contributed by atoms with E-state index in [2.05, 4.69) is 10.6 Å². The van der Waals surface area contributed by atoms with Gasteiger partial charge >= 0.3 is 0 Å². The highest BCUT2D eigenvalue weighted by Gasteiger charge is 2.18. The van der Waals surface area contributed by atoms with Crippen molar-refractivity contribution >= 4 is 17.5 Å². The van der Waals surface area contributed by atoms with Crippen molar-refractivity contribution in [3.05, 3.63) is 84.2 Å². The number of carbonyl (C=O) groups is 2. The minimum absolute atomic E-state index is 0.0141. The average molecular weight is 422 g/mol. The van der Waals surface area contributed by atoms with Crippen LogP contribution in [-0.2, 0) is 9.59 Å². The SMILES string of the molecule is COc1ccc(C(CC(=O)Nc2ccccc2Oc2cccc(F)c2)NC(C)=O)cc1. The third-order valence-electron chi connectivity index (χ3n) is 4.47. The fourth-order valence-corrected chi connectivity index (χ4v) is 3.04. The van der Waals surface area contributed by atoms with E-state index in [1.54, 1.807) is 67.8 Å². The maximum absolute atomic E-state index is 13.4. The molecule has 2 amide bonds. The molecular formula is C24H23FN2O4. The van der Waals surface area contributed by atoms with Crippen LogP contribution in [0.25, 0.3) is 0 Å². The molecule has 3 rings (SSSR count). The molecule has 2 N–H and O–H groups in total. The normalized spacial score (nSPS) is 11.3. The molecule has 3 aromatic rings.